The Balaban J connectivity index is 2.06. The highest BCUT2D eigenvalue weighted by atomic mass is 19.4. The minimum Gasteiger partial charge on any atom is -0.506 e. The fourth-order valence-corrected chi connectivity index (χ4v) is 1.70. The van der Waals surface area contributed by atoms with E-state index in [1.165, 1.54) is 18.2 Å². The third-order valence-corrected chi connectivity index (χ3v) is 2.76. The molecule has 2 N–H and O–H groups in total. The molecule has 1 heterocycles. The van der Waals surface area contributed by atoms with Gasteiger partial charge in [0, 0.05) is 11.4 Å². The highest BCUT2D eigenvalue weighted by Crippen LogP contribution is 2.30. The summed E-state index contributed by atoms with van der Waals surface area (Å²) in [7, 11) is 0. The average molecular weight is 282 g/mol. The minimum absolute atomic E-state index is 0.0509. The smallest absolute Gasteiger partial charge is 0.416 e. The van der Waals surface area contributed by atoms with Crippen molar-refractivity contribution in [2.75, 3.05) is 5.32 Å². The average Bonchev–Trinajstić information content (AvgIpc) is 2.39. The topological polar surface area (TPSA) is 45.1 Å². The molecule has 6 heteroatoms. The molecule has 20 heavy (non-hydrogen) atoms. The SMILES string of the molecule is Cc1ccc(O)c(CNc2ccc(C(F)(F)F)cc2)n1. The van der Waals surface area contributed by atoms with Crippen LogP contribution in [0.15, 0.2) is 36.4 Å². The largest absolute Gasteiger partial charge is 0.506 e. The van der Waals surface area contributed by atoms with E-state index in [0.29, 0.717) is 11.4 Å². The van der Waals surface area contributed by atoms with E-state index >= 15 is 0 Å². The molecule has 2 aromatic rings. The first-order valence-corrected chi connectivity index (χ1v) is 5.93. The van der Waals surface area contributed by atoms with Crippen LogP contribution in [0.4, 0.5) is 18.9 Å². The molecule has 2 rings (SSSR count). The Morgan fingerprint density at radius 1 is 1.10 bits per heavy atom. The van der Waals surface area contributed by atoms with Gasteiger partial charge >= 0.3 is 6.18 Å². The second kappa shape index (κ2) is 5.40. The molecule has 0 spiro atoms. The molecule has 0 saturated carbocycles. The summed E-state index contributed by atoms with van der Waals surface area (Å²) in [6.07, 6.45) is -4.34. The van der Waals surface area contributed by atoms with Gasteiger partial charge in [-0.3, -0.25) is 4.98 Å². The number of benzene rings is 1. The molecule has 0 saturated heterocycles. The van der Waals surface area contributed by atoms with Crippen molar-refractivity contribution in [1.82, 2.24) is 4.98 Å². The number of nitrogens with one attached hydrogen (secondary N) is 1. The van der Waals surface area contributed by atoms with Crippen molar-refractivity contribution < 1.29 is 18.3 Å². The first kappa shape index (κ1) is 14.2. The highest BCUT2D eigenvalue weighted by Gasteiger charge is 2.29. The van der Waals surface area contributed by atoms with Gasteiger partial charge < -0.3 is 10.4 Å². The van der Waals surface area contributed by atoms with Crippen molar-refractivity contribution in [3.8, 4) is 5.75 Å². The van der Waals surface area contributed by atoms with Gasteiger partial charge in [-0.25, -0.2) is 0 Å². The highest BCUT2D eigenvalue weighted by molar-refractivity contribution is 5.46. The third kappa shape index (κ3) is 3.40. The Hall–Kier alpha value is -2.24. The number of hydrogen-bond donors (Lipinski definition) is 2. The van der Waals surface area contributed by atoms with Gasteiger partial charge in [0.05, 0.1) is 12.1 Å². The second-order valence-electron chi connectivity index (χ2n) is 4.35. The normalized spacial score (nSPS) is 11.4. The van der Waals surface area contributed by atoms with Crippen LogP contribution in [0.5, 0.6) is 5.75 Å². The zero-order valence-corrected chi connectivity index (χ0v) is 10.7. The van der Waals surface area contributed by atoms with E-state index in [1.54, 1.807) is 13.0 Å². The van der Waals surface area contributed by atoms with Crippen LogP contribution >= 0.6 is 0 Å². The summed E-state index contributed by atoms with van der Waals surface area (Å²) in [5, 5.41) is 12.5. The van der Waals surface area contributed by atoms with Crippen molar-refractivity contribution in [3.05, 3.63) is 53.3 Å². The zero-order valence-electron chi connectivity index (χ0n) is 10.7. The third-order valence-electron chi connectivity index (χ3n) is 2.76. The Morgan fingerprint density at radius 2 is 1.75 bits per heavy atom. The summed E-state index contributed by atoms with van der Waals surface area (Å²) in [4.78, 5) is 4.15. The molecule has 0 atom stereocenters. The minimum atomic E-state index is -4.34. The van der Waals surface area contributed by atoms with E-state index in [9.17, 15) is 18.3 Å². The number of aryl methyl sites for hydroxylation is 1. The molecule has 106 valence electrons. The number of rotatable bonds is 3. The van der Waals surface area contributed by atoms with Crippen molar-refractivity contribution in [2.45, 2.75) is 19.6 Å². The first-order chi connectivity index (χ1) is 9.36. The van der Waals surface area contributed by atoms with E-state index in [0.717, 1.165) is 17.8 Å². The predicted octanol–water partition coefficient (Wildman–Crippen LogP) is 3.73. The molecule has 0 amide bonds. The van der Waals surface area contributed by atoms with Crippen LogP contribution in [0.3, 0.4) is 0 Å². The standard InChI is InChI=1S/C14H13F3N2O/c1-9-2-7-13(20)12(19-9)8-18-11-5-3-10(4-6-11)14(15,16)17/h2-7,18,20H,8H2,1H3. The number of aromatic hydroxyl groups is 1. The lowest BCUT2D eigenvalue weighted by Crippen LogP contribution is -2.06. The second-order valence-corrected chi connectivity index (χ2v) is 4.35. The number of alkyl halides is 3. The molecule has 1 aromatic carbocycles. The van der Waals surface area contributed by atoms with Gasteiger partial charge in [-0.15, -0.1) is 0 Å². The van der Waals surface area contributed by atoms with Gasteiger partial charge in [0.1, 0.15) is 11.4 Å². The fourth-order valence-electron chi connectivity index (χ4n) is 1.70. The number of hydrogen-bond acceptors (Lipinski definition) is 3. The van der Waals surface area contributed by atoms with E-state index in [4.69, 9.17) is 0 Å². The van der Waals surface area contributed by atoms with Crippen LogP contribution < -0.4 is 5.32 Å². The molecule has 1 aromatic heterocycles. The molecule has 0 aliphatic carbocycles. The number of nitrogens with zero attached hydrogens (tertiary/aromatic N) is 1. The van der Waals surface area contributed by atoms with Gasteiger partial charge in [-0.2, -0.15) is 13.2 Å². The number of anilines is 1. The van der Waals surface area contributed by atoms with Crippen LogP contribution in [0.2, 0.25) is 0 Å². The summed E-state index contributed by atoms with van der Waals surface area (Å²) >= 11 is 0. The molecule has 0 radical (unpaired) electrons. The Bertz CT molecular complexity index is 594. The van der Waals surface area contributed by atoms with E-state index in [1.807, 2.05) is 0 Å². The summed E-state index contributed by atoms with van der Waals surface area (Å²) in [5.41, 5.74) is 1.04. The van der Waals surface area contributed by atoms with Crippen molar-refractivity contribution in [1.29, 1.82) is 0 Å². The van der Waals surface area contributed by atoms with E-state index in [-0.39, 0.29) is 12.3 Å². The molecule has 0 bridgehead atoms. The Morgan fingerprint density at radius 3 is 2.35 bits per heavy atom. The maximum atomic E-state index is 12.4. The molecule has 0 aliphatic rings. The maximum absolute atomic E-state index is 12.4. The molecule has 0 unspecified atom stereocenters. The molecule has 0 aliphatic heterocycles. The van der Waals surface area contributed by atoms with Crippen LogP contribution in [0, 0.1) is 6.92 Å². The fraction of sp³-hybridized carbons (Fsp3) is 0.214. The van der Waals surface area contributed by atoms with E-state index < -0.39 is 11.7 Å². The number of pyridine rings is 1. The predicted molar refractivity (Wildman–Crippen MR) is 69.4 cm³/mol. The lowest BCUT2D eigenvalue weighted by atomic mass is 10.2. The number of aromatic nitrogens is 1. The monoisotopic (exact) mass is 282 g/mol. The maximum Gasteiger partial charge on any atom is 0.416 e. The quantitative estimate of drug-likeness (QED) is 0.901. The molecule has 3 nitrogen and oxygen atoms in total. The first-order valence-electron chi connectivity index (χ1n) is 5.93. The van der Waals surface area contributed by atoms with Crippen LogP contribution in [-0.2, 0) is 12.7 Å². The Kier molecular flexibility index (Phi) is 3.83. The van der Waals surface area contributed by atoms with Crippen molar-refractivity contribution in [2.24, 2.45) is 0 Å². The van der Waals surface area contributed by atoms with Crippen LogP contribution in [0.1, 0.15) is 17.0 Å². The molecular formula is C14H13F3N2O. The number of halogens is 3. The van der Waals surface area contributed by atoms with Gasteiger partial charge in [0.2, 0.25) is 0 Å². The van der Waals surface area contributed by atoms with Crippen molar-refractivity contribution >= 4 is 5.69 Å². The van der Waals surface area contributed by atoms with Crippen LogP contribution in [0.25, 0.3) is 0 Å². The van der Waals surface area contributed by atoms with Crippen molar-refractivity contribution in [3.63, 3.8) is 0 Å². The van der Waals surface area contributed by atoms with E-state index in [2.05, 4.69) is 10.3 Å². The Labute approximate surface area is 114 Å². The molecular weight excluding hydrogens is 269 g/mol. The summed E-state index contributed by atoms with van der Waals surface area (Å²) in [5.74, 6) is 0.0509. The van der Waals surface area contributed by atoms with Gasteiger partial charge in [-0.1, -0.05) is 0 Å². The summed E-state index contributed by atoms with van der Waals surface area (Å²) < 4.78 is 37.2. The van der Waals surface area contributed by atoms with Gasteiger partial charge in [-0.05, 0) is 43.3 Å². The molecule has 0 fully saturated rings. The van der Waals surface area contributed by atoms with Gasteiger partial charge in [0.15, 0.2) is 0 Å². The summed E-state index contributed by atoms with van der Waals surface area (Å²) in [6.45, 7) is 2.03. The zero-order chi connectivity index (χ0) is 14.8. The lowest BCUT2D eigenvalue weighted by Gasteiger charge is -2.10. The summed E-state index contributed by atoms with van der Waals surface area (Å²) in [6, 6.07) is 7.91. The van der Waals surface area contributed by atoms with Crippen LogP contribution in [-0.4, -0.2) is 10.1 Å². The van der Waals surface area contributed by atoms with Gasteiger partial charge in [0.25, 0.3) is 0 Å². The lowest BCUT2D eigenvalue weighted by molar-refractivity contribution is -0.137.